The van der Waals surface area contributed by atoms with E-state index >= 15 is 0 Å². The quantitative estimate of drug-likeness (QED) is 0.832. The van der Waals surface area contributed by atoms with Crippen molar-refractivity contribution in [2.75, 3.05) is 6.61 Å². The lowest BCUT2D eigenvalue weighted by Crippen LogP contribution is -2.28. The average molecular weight is 318 g/mol. The molecule has 0 aromatic heterocycles. The molecule has 4 nitrogen and oxygen atoms in total. The van der Waals surface area contributed by atoms with Crippen molar-refractivity contribution in [3.63, 3.8) is 0 Å². The lowest BCUT2D eigenvalue weighted by atomic mass is 10.1. The Morgan fingerprint density at radius 2 is 1.91 bits per heavy atom. The zero-order chi connectivity index (χ0) is 15.9. The number of benzene rings is 2. The Hall–Kier alpha value is -2.33. The van der Waals surface area contributed by atoms with Crippen LogP contribution in [0.15, 0.2) is 48.5 Å². The lowest BCUT2D eigenvalue weighted by Gasteiger charge is -2.09. The van der Waals surface area contributed by atoms with E-state index in [0.29, 0.717) is 22.9 Å². The molecule has 0 unspecified atom stereocenters. The van der Waals surface area contributed by atoms with Gasteiger partial charge in [-0.1, -0.05) is 41.9 Å². The topological polar surface area (TPSA) is 55.4 Å². The highest BCUT2D eigenvalue weighted by Gasteiger charge is 2.06. The molecule has 0 bridgehead atoms. The van der Waals surface area contributed by atoms with Gasteiger partial charge in [0.1, 0.15) is 5.75 Å². The SMILES string of the molecule is CC(=O)c1cccc(OCC(=O)NCc2ccccc2Cl)c1. The highest BCUT2D eigenvalue weighted by molar-refractivity contribution is 6.31. The number of ketones is 1. The summed E-state index contributed by atoms with van der Waals surface area (Å²) in [4.78, 5) is 23.1. The van der Waals surface area contributed by atoms with Gasteiger partial charge >= 0.3 is 0 Å². The van der Waals surface area contributed by atoms with Crippen LogP contribution in [0, 0.1) is 0 Å². The van der Waals surface area contributed by atoms with Crippen LogP contribution in [0.4, 0.5) is 0 Å². The minimum absolute atomic E-state index is 0.0476. The molecule has 2 aromatic carbocycles. The van der Waals surface area contributed by atoms with Gasteiger partial charge in [0, 0.05) is 17.1 Å². The fourth-order valence-corrected chi connectivity index (χ4v) is 2.04. The van der Waals surface area contributed by atoms with Gasteiger partial charge in [-0.2, -0.15) is 0 Å². The molecule has 0 aliphatic heterocycles. The molecule has 0 spiro atoms. The van der Waals surface area contributed by atoms with Crippen LogP contribution in [0.3, 0.4) is 0 Å². The second-order valence-electron chi connectivity index (χ2n) is 4.74. The fraction of sp³-hybridized carbons (Fsp3) is 0.176. The highest BCUT2D eigenvalue weighted by atomic mass is 35.5. The molecule has 0 atom stereocenters. The molecule has 2 rings (SSSR count). The van der Waals surface area contributed by atoms with E-state index in [-0.39, 0.29) is 18.3 Å². The normalized spacial score (nSPS) is 10.1. The Morgan fingerprint density at radius 1 is 1.14 bits per heavy atom. The Balaban J connectivity index is 1.84. The van der Waals surface area contributed by atoms with E-state index < -0.39 is 0 Å². The van der Waals surface area contributed by atoms with E-state index in [0.717, 1.165) is 5.56 Å². The Labute approximate surface area is 134 Å². The third kappa shape index (κ3) is 4.60. The van der Waals surface area contributed by atoms with Gasteiger partial charge in [-0.3, -0.25) is 9.59 Å². The maximum Gasteiger partial charge on any atom is 0.258 e. The number of ether oxygens (including phenoxy) is 1. The van der Waals surface area contributed by atoms with Gasteiger partial charge in [0.25, 0.3) is 5.91 Å². The molecule has 5 heteroatoms. The summed E-state index contributed by atoms with van der Waals surface area (Å²) < 4.78 is 5.38. The highest BCUT2D eigenvalue weighted by Crippen LogP contribution is 2.15. The summed E-state index contributed by atoms with van der Waals surface area (Å²) in [6, 6.07) is 14.0. The predicted molar refractivity (Wildman–Crippen MR) is 85.2 cm³/mol. The summed E-state index contributed by atoms with van der Waals surface area (Å²) >= 11 is 6.01. The fourth-order valence-electron chi connectivity index (χ4n) is 1.84. The number of hydrogen-bond acceptors (Lipinski definition) is 3. The third-order valence-electron chi connectivity index (χ3n) is 3.04. The molecule has 114 valence electrons. The third-order valence-corrected chi connectivity index (χ3v) is 3.41. The number of carbonyl (C=O) groups is 2. The first-order valence-electron chi connectivity index (χ1n) is 6.80. The number of carbonyl (C=O) groups excluding carboxylic acids is 2. The number of nitrogens with one attached hydrogen (secondary N) is 1. The molecule has 2 aromatic rings. The first-order chi connectivity index (χ1) is 10.6. The van der Waals surface area contributed by atoms with Crippen LogP contribution >= 0.6 is 11.6 Å². The minimum atomic E-state index is -0.256. The Kier molecular flexibility index (Phi) is 5.55. The summed E-state index contributed by atoms with van der Waals surface area (Å²) in [6.45, 7) is 1.70. The van der Waals surface area contributed by atoms with E-state index in [2.05, 4.69) is 5.32 Å². The Morgan fingerprint density at radius 3 is 2.64 bits per heavy atom. The van der Waals surface area contributed by atoms with Crippen LogP contribution in [-0.4, -0.2) is 18.3 Å². The van der Waals surface area contributed by atoms with E-state index in [1.807, 2.05) is 18.2 Å². The lowest BCUT2D eigenvalue weighted by molar-refractivity contribution is -0.123. The van der Waals surface area contributed by atoms with Crippen molar-refractivity contribution in [1.82, 2.24) is 5.32 Å². The van der Waals surface area contributed by atoms with Crippen molar-refractivity contribution in [2.45, 2.75) is 13.5 Å². The smallest absolute Gasteiger partial charge is 0.258 e. The van der Waals surface area contributed by atoms with E-state index in [1.165, 1.54) is 6.92 Å². The van der Waals surface area contributed by atoms with Gasteiger partial charge in [-0.25, -0.2) is 0 Å². The van der Waals surface area contributed by atoms with Crippen molar-refractivity contribution < 1.29 is 14.3 Å². The van der Waals surface area contributed by atoms with Gasteiger partial charge in [-0.05, 0) is 30.7 Å². The van der Waals surface area contributed by atoms with Crippen LogP contribution in [0.25, 0.3) is 0 Å². The number of hydrogen-bond donors (Lipinski definition) is 1. The van der Waals surface area contributed by atoms with Crippen molar-refractivity contribution in [1.29, 1.82) is 0 Å². The molecule has 0 aliphatic rings. The van der Waals surface area contributed by atoms with Crippen molar-refractivity contribution in [3.8, 4) is 5.75 Å². The molecule has 0 aliphatic carbocycles. The molecular weight excluding hydrogens is 302 g/mol. The van der Waals surface area contributed by atoms with Crippen LogP contribution in [-0.2, 0) is 11.3 Å². The zero-order valence-electron chi connectivity index (χ0n) is 12.1. The monoisotopic (exact) mass is 317 g/mol. The number of rotatable bonds is 6. The summed E-state index contributed by atoms with van der Waals surface area (Å²) in [7, 11) is 0. The van der Waals surface area contributed by atoms with Gasteiger partial charge < -0.3 is 10.1 Å². The van der Waals surface area contributed by atoms with Crippen LogP contribution in [0.5, 0.6) is 5.75 Å². The maximum absolute atomic E-state index is 11.8. The summed E-state index contributed by atoms with van der Waals surface area (Å²) in [5.41, 5.74) is 1.39. The second-order valence-corrected chi connectivity index (χ2v) is 5.15. The van der Waals surface area contributed by atoms with Gasteiger partial charge in [-0.15, -0.1) is 0 Å². The van der Waals surface area contributed by atoms with Gasteiger partial charge in [0.15, 0.2) is 12.4 Å². The molecule has 0 heterocycles. The minimum Gasteiger partial charge on any atom is -0.484 e. The molecule has 0 saturated carbocycles. The summed E-state index contributed by atoms with van der Waals surface area (Å²) in [5, 5.41) is 3.34. The largest absolute Gasteiger partial charge is 0.484 e. The zero-order valence-corrected chi connectivity index (χ0v) is 12.9. The molecule has 22 heavy (non-hydrogen) atoms. The molecule has 0 saturated heterocycles. The first-order valence-corrected chi connectivity index (χ1v) is 7.18. The first kappa shape index (κ1) is 16.0. The van der Waals surface area contributed by atoms with Gasteiger partial charge in [0.05, 0.1) is 0 Å². The van der Waals surface area contributed by atoms with Crippen LogP contribution in [0.2, 0.25) is 5.02 Å². The van der Waals surface area contributed by atoms with E-state index in [9.17, 15) is 9.59 Å². The molecular formula is C17H16ClNO3. The summed E-state index contributed by atoms with van der Waals surface area (Å²) in [5.74, 6) is 0.183. The number of halogens is 1. The molecule has 1 N–H and O–H groups in total. The average Bonchev–Trinajstić information content (AvgIpc) is 2.52. The summed E-state index contributed by atoms with van der Waals surface area (Å²) in [6.07, 6.45) is 0. The second kappa shape index (κ2) is 7.61. The van der Waals surface area contributed by atoms with E-state index in [1.54, 1.807) is 30.3 Å². The van der Waals surface area contributed by atoms with Crippen molar-refractivity contribution >= 4 is 23.3 Å². The Bertz CT molecular complexity index is 685. The van der Waals surface area contributed by atoms with E-state index in [4.69, 9.17) is 16.3 Å². The maximum atomic E-state index is 11.8. The molecule has 0 radical (unpaired) electrons. The number of Topliss-reactive ketones (excluding diaryl/α,β-unsaturated/α-hetero) is 1. The predicted octanol–water partition coefficient (Wildman–Crippen LogP) is 3.24. The van der Waals surface area contributed by atoms with Gasteiger partial charge in [0.2, 0.25) is 0 Å². The van der Waals surface area contributed by atoms with Crippen LogP contribution < -0.4 is 10.1 Å². The standard InChI is InChI=1S/C17H16ClNO3/c1-12(20)13-6-4-7-15(9-13)22-11-17(21)19-10-14-5-2-3-8-16(14)18/h2-9H,10-11H2,1H3,(H,19,21). The van der Waals surface area contributed by atoms with Crippen molar-refractivity contribution in [3.05, 3.63) is 64.7 Å². The number of amides is 1. The van der Waals surface area contributed by atoms with Crippen molar-refractivity contribution in [2.24, 2.45) is 0 Å². The van der Waals surface area contributed by atoms with Crippen LogP contribution in [0.1, 0.15) is 22.8 Å². The molecule has 0 fully saturated rings. The molecule has 1 amide bonds.